The first-order valence-corrected chi connectivity index (χ1v) is 8.92. The van der Waals surface area contributed by atoms with E-state index in [0.717, 1.165) is 32.1 Å². The van der Waals surface area contributed by atoms with Gasteiger partial charge in [-0.3, -0.25) is 5.43 Å². The number of nitrogens with one attached hydrogen (secondary N) is 2. The highest BCUT2D eigenvalue weighted by molar-refractivity contribution is 7.89. The molecule has 3 aliphatic heterocycles. The molecule has 3 rings (SSSR count). The molecule has 3 saturated heterocycles. The fourth-order valence-corrected chi connectivity index (χ4v) is 5.52. The zero-order valence-electron chi connectivity index (χ0n) is 11.5. The van der Waals surface area contributed by atoms with Crippen LogP contribution in [0.2, 0.25) is 0 Å². The van der Waals surface area contributed by atoms with Crippen molar-refractivity contribution in [1.29, 1.82) is 0 Å². The normalized spacial score (nSPS) is 32.6. The molecule has 8 heteroatoms. The average Bonchev–Trinajstić information content (AvgIpc) is 2.68. The molecule has 3 aliphatic rings. The molecule has 0 aromatic rings. The predicted molar refractivity (Wildman–Crippen MR) is 74.1 cm³/mol. The van der Waals surface area contributed by atoms with E-state index in [9.17, 15) is 13.2 Å². The highest BCUT2D eigenvalue weighted by Crippen LogP contribution is 2.27. The smallest absolute Gasteiger partial charge is 0.305 e. The molecule has 0 saturated carbocycles. The van der Waals surface area contributed by atoms with Crippen molar-refractivity contribution in [1.82, 2.24) is 20.1 Å². The molecule has 0 aliphatic carbocycles. The molecule has 0 spiro atoms. The van der Waals surface area contributed by atoms with Crippen LogP contribution in [0.15, 0.2) is 0 Å². The van der Waals surface area contributed by atoms with Gasteiger partial charge in [-0.15, -0.1) is 0 Å². The van der Waals surface area contributed by atoms with Gasteiger partial charge in [0.2, 0.25) is 10.0 Å². The SMILES string of the molecule is O=C1NNC2C(S(=O)(=O)N3CCCCCC3)CCCN12. The molecule has 114 valence electrons. The van der Waals surface area contributed by atoms with Crippen LogP contribution in [0.5, 0.6) is 0 Å². The number of hydrazine groups is 1. The number of hydrogen-bond acceptors (Lipinski definition) is 4. The number of carbonyl (C=O) groups is 1. The highest BCUT2D eigenvalue weighted by Gasteiger charge is 2.47. The summed E-state index contributed by atoms with van der Waals surface area (Å²) in [7, 11) is -3.35. The lowest BCUT2D eigenvalue weighted by Crippen LogP contribution is -2.56. The maximum absolute atomic E-state index is 12.9. The third-order valence-corrected chi connectivity index (χ3v) is 6.81. The fraction of sp³-hybridized carbons (Fsp3) is 0.917. The van der Waals surface area contributed by atoms with Crippen LogP contribution in [0.4, 0.5) is 4.79 Å². The van der Waals surface area contributed by atoms with Crippen molar-refractivity contribution < 1.29 is 13.2 Å². The first-order valence-electron chi connectivity index (χ1n) is 7.42. The van der Waals surface area contributed by atoms with Crippen LogP contribution in [0.1, 0.15) is 38.5 Å². The number of piperidine rings is 1. The maximum atomic E-state index is 12.9. The van der Waals surface area contributed by atoms with Crippen LogP contribution in [0, 0.1) is 0 Å². The minimum absolute atomic E-state index is 0.217. The molecule has 2 unspecified atom stereocenters. The Morgan fingerprint density at radius 3 is 2.40 bits per heavy atom. The van der Waals surface area contributed by atoms with Gasteiger partial charge in [-0.05, 0) is 25.7 Å². The van der Waals surface area contributed by atoms with Gasteiger partial charge >= 0.3 is 6.03 Å². The van der Waals surface area contributed by atoms with E-state index in [-0.39, 0.29) is 6.03 Å². The van der Waals surface area contributed by atoms with Crippen molar-refractivity contribution in [2.45, 2.75) is 49.9 Å². The van der Waals surface area contributed by atoms with E-state index in [1.165, 1.54) is 0 Å². The second kappa shape index (κ2) is 5.50. The third-order valence-electron chi connectivity index (χ3n) is 4.47. The Hall–Kier alpha value is -0.860. The van der Waals surface area contributed by atoms with Gasteiger partial charge in [-0.1, -0.05) is 12.8 Å². The summed E-state index contributed by atoms with van der Waals surface area (Å²) < 4.78 is 27.4. The minimum Gasteiger partial charge on any atom is -0.305 e. The van der Waals surface area contributed by atoms with Gasteiger partial charge in [0.25, 0.3) is 0 Å². The molecule has 3 heterocycles. The Labute approximate surface area is 119 Å². The molecule has 0 aromatic heterocycles. The molecule has 2 atom stereocenters. The molecular weight excluding hydrogens is 280 g/mol. The van der Waals surface area contributed by atoms with Crippen molar-refractivity contribution in [3.05, 3.63) is 0 Å². The number of nitrogens with zero attached hydrogens (tertiary/aromatic N) is 2. The maximum Gasteiger partial charge on any atom is 0.333 e. The molecule has 3 fully saturated rings. The Balaban J connectivity index is 1.80. The molecule has 0 bridgehead atoms. The van der Waals surface area contributed by atoms with E-state index in [1.54, 1.807) is 9.21 Å². The molecule has 2 amide bonds. The zero-order chi connectivity index (χ0) is 14.2. The fourth-order valence-electron chi connectivity index (χ4n) is 3.37. The average molecular weight is 302 g/mol. The number of sulfonamides is 1. The van der Waals surface area contributed by atoms with Gasteiger partial charge in [-0.25, -0.2) is 22.9 Å². The summed E-state index contributed by atoms with van der Waals surface area (Å²) in [5.41, 5.74) is 5.37. The van der Waals surface area contributed by atoms with Crippen LogP contribution in [0.3, 0.4) is 0 Å². The molecule has 0 aromatic carbocycles. The third kappa shape index (κ3) is 2.40. The van der Waals surface area contributed by atoms with Crippen molar-refractivity contribution in [3.63, 3.8) is 0 Å². The van der Waals surface area contributed by atoms with Gasteiger partial charge in [0.1, 0.15) is 11.4 Å². The van der Waals surface area contributed by atoms with E-state index in [0.29, 0.717) is 26.1 Å². The second-order valence-electron chi connectivity index (χ2n) is 5.75. The molecular formula is C12H22N4O3S. The van der Waals surface area contributed by atoms with Crippen LogP contribution < -0.4 is 10.9 Å². The van der Waals surface area contributed by atoms with Crippen LogP contribution in [-0.2, 0) is 10.0 Å². The highest BCUT2D eigenvalue weighted by atomic mass is 32.2. The quantitative estimate of drug-likeness (QED) is 0.764. The molecule has 0 radical (unpaired) electrons. The summed E-state index contributed by atoms with van der Waals surface area (Å²) in [4.78, 5) is 13.3. The molecule has 20 heavy (non-hydrogen) atoms. The minimum atomic E-state index is -3.35. The van der Waals surface area contributed by atoms with Gasteiger partial charge in [0, 0.05) is 19.6 Å². The Bertz CT molecular complexity index is 473. The Kier molecular flexibility index (Phi) is 3.87. The summed E-state index contributed by atoms with van der Waals surface area (Å²) in [5, 5.41) is -0.534. The second-order valence-corrected chi connectivity index (χ2v) is 7.90. The van der Waals surface area contributed by atoms with E-state index in [1.807, 2.05) is 0 Å². The van der Waals surface area contributed by atoms with E-state index in [2.05, 4.69) is 10.9 Å². The lowest BCUT2D eigenvalue weighted by atomic mass is 10.1. The van der Waals surface area contributed by atoms with Crippen molar-refractivity contribution in [3.8, 4) is 0 Å². The van der Waals surface area contributed by atoms with Gasteiger partial charge < -0.3 is 4.90 Å². The monoisotopic (exact) mass is 302 g/mol. The number of urea groups is 1. The first kappa shape index (κ1) is 14.1. The summed E-state index contributed by atoms with van der Waals surface area (Å²) in [6.07, 6.45) is 5.00. The Morgan fingerprint density at radius 1 is 1.00 bits per heavy atom. The Morgan fingerprint density at radius 2 is 1.70 bits per heavy atom. The van der Waals surface area contributed by atoms with Crippen LogP contribution in [-0.4, -0.2) is 54.7 Å². The van der Waals surface area contributed by atoms with E-state index in [4.69, 9.17) is 0 Å². The number of fused-ring (bicyclic) bond motifs is 1. The lowest BCUT2D eigenvalue weighted by molar-refractivity contribution is 0.178. The summed E-state index contributed by atoms with van der Waals surface area (Å²) >= 11 is 0. The standard InChI is InChI=1S/C12H22N4O3S/c17-12-14-13-11-10(6-5-9-16(11)12)20(18,19)15-7-3-1-2-4-8-15/h10-11,13H,1-9H2,(H,14,17). The molecule has 2 N–H and O–H groups in total. The van der Waals surface area contributed by atoms with E-state index < -0.39 is 21.4 Å². The van der Waals surface area contributed by atoms with Gasteiger partial charge in [-0.2, -0.15) is 0 Å². The number of carbonyl (C=O) groups excluding carboxylic acids is 1. The first-order chi connectivity index (χ1) is 9.60. The summed E-state index contributed by atoms with van der Waals surface area (Å²) in [6.45, 7) is 1.86. The van der Waals surface area contributed by atoms with Crippen molar-refractivity contribution in [2.24, 2.45) is 0 Å². The zero-order valence-corrected chi connectivity index (χ0v) is 12.4. The van der Waals surface area contributed by atoms with Crippen molar-refractivity contribution in [2.75, 3.05) is 19.6 Å². The topological polar surface area (TPSA) is 81.8 Å². The molecule has 7 nitrogen and oxygen atoms in total. The number of rotatable bonds is 2. The van der Waals surface area contributed by atoms with Gasteiger partial charge in [0.15, 0.2) is 0 Å². The van der Waals surface area contributed by atoms with E-state index >= 15 is 0 Å². The van der Waals surface area contributed by atoms with Crippen LogP contribution in [0.25, 0.3) is 0 Å². The summed E-state index contributed by atoms with van der Waals surface area (Å²) in [6, 6.07) is -0.217. The van der Waals surface area contributed by atoms with Gasteiger partial charge in [0.05, 0.1) is 0 Å². The number of amides is 2. The lowest BCUT2D eigenvalue weighted by Gasteiger charge is -2.36. The number of hydrogen-bond donors (Lipinski definition) is 2. The largest absolute Gasteiger partial charge is 0.333 e. The predicted octanol–water partition coefficient (Wildman–Crippen LogP) is 0.211. The van der Waals surface area contributed by atoms with Crippen LogP contribution >= 0.6 is 0 Å². The summed E-state index contributed by atoms with van der Waals surface area (Å²) in [5.74, 6) is 0. The van der Waals surface area contributed by atoms with Crippen molar-refractivity contribution >= 4 is 16.1 Å².